The molecule has 1 saturated heterocycles. The molecule has 3 rings (SSSR count). The smallest absolute Gasteiger partial charge is 0.123 e. The molecule has 1 aliphatic rings. The van der Waals surface area contributed by atoms with Gasteiger partial charge in [0, 0.05) is 23.6 Å². The van der Waals surface area contributed by atoms with E-state index in [0.717, 1.165) is 11.3 Å². The predicted octanol–water partition coefficient (Wildman–Crippen LogP) is 2.21. The molecular formula is C12H14N4S. The third kappa shape index (κ3) is 2.02. The van der Waals surface area contributed by atoms with Crippen LogP contribution in [0.4, 0.5) is 5.82 Å². The Labute approximate surface area is 104 Å². The minimum atomic E-state index is 0.552. The molecule has 4 nitrogen and oxygen atoms in total. The van der Waals surface area contributed by atoms with E-state index in [-0.39, 0.29) is 0 Å². The Bertz CT molecular complexity index is 499. The summed E-state index contributed by atoms with van der Waals surface area (Å²) in [6.45, 7) is 0. The van der Waals surface area contributed by atoms with E-state index >= 15 is 0 Å². The summed E-state index contributed by atoms with van der Waals surface area (Å²) < 4.78 is 2.26. The molecule has 1 fully saturated rings. The van der Waals surface area contributed by atoms with Gasteiger partial charge < -0.3 is 10.3 Å². The van der Waals surface area contributed by atoms with Crippen LogP contribution in [0.1, 0.15) is 12.5 Å². The first kappa shape index (κ1) is 10.7. The number of thioether (sulfide) groups is 1. The molecule has 2 N–H and O–H groups in total. The lowest BCUT2D eigenvalue weighted by atomic mass is 10.2. The van der Waals surface area contributed by atoms with E-state index in [1.165, 1.54) is 17.9 Å². The van der Waals surface area contributed by atoms with Crippen LogP contribution >= 0.6 is 11.8 Å². The molecule has 0 bridgehead atoms. The highest BCUT2D eigenvalue weighted by Crippen LogP contribution is 2.31. The number of aromatic nitrogens is 3. The topological polar surface area (TPSA) is 56.7 Å². The van der Waals surface area contributed by atoms with Crippen molar-refractivity contribution in [2.45, 2.75) is 12.5 Å². The van der Waals surface area contributed by atoms with Crippen molar-refractivity contribution < 1.29 is 0 Å². The molecule has 17 heavy (non-hydrogen) atoms. The number of hydrogen-bond acceptors (Lipinski definition) is 4. The zero-order chi connectivity index (χ0) is 11.7. The second-order valence-electron chi connectivity index (χ2n) is 4.18. The lowest BCUT2D eigenvalue weighted by Crippen LogP contribution is -2.08. The standard InChI is InChI=1S/C12H14N4S/c13-12-2-1-9(5-15-12)11-6-14-8-16(11)10-3-4-17-7-10/h1-2,5-6,8,10H,3-4,7H2,(H2,13,15). The molecule has 0 radical (unpaired) electrons. The Morgan fingerprint density at radius 1 is 1.35 bits per heavy atom. The molecule has 1 aliphatic heterocycles. The molecule has 1 atom stereocenters. The maximum Gasteiger partial charge on any atom is 0.123 e. The van der Waals surface area contributed by atoms with Gasteiger partial charge >= 0.3 is 0 Å². The van der Waals surface area contributed by atoms with Crippen LogP contribution in [0.5, 0.6) is 0 Å². The Hall–Kier alpha value is -1.49. The SMILES string of the molecule is Nc1ccc(-c2cncn2C2CCSC2)cn1. The molecule has 3 heterocycles. The first-order valence-electron chi connectivity index (χ1n) is 5.66. The summed E-state index contributed by atoms with van der Waals surface area (Å²) in [7, 11) is 0. The highest BCUT2D eigenvalue weighted by molar-refractivity contribution is 7.99. The van der Waals surface area contributed by atoms with Crippen LogP contribution < -0.4 is 5.73 Å². The van der Waals surface area contributed by atoms with E-state index < -0.39 is 0 Å². The number of nitrogens with two attached hydrogens (primary N) is 1. The molecule has 0 aliphatic carbocycles. The third-order valence-electron chi connectivity index (χ3n) is 3.05. The second kappa shape index (κ2) is 4.41. The van der Waals surface area contributed by atoms with Crippen molar-refractivity contribution in [1.82, 2.24) is 14.5 Å². The summed E-state index contributed by atoms with van der Waals surface area (Å²) in [5, 5.41) is 0. The highest BCUT2D eigenvalue weighted by atomic mass is 32.2. The number of rotatable bonds is 2. The lowest BCUT2D eigenvalue weighted by Gasteiger charge is -2.14. The number of imidazole rings is 1. The van der Waals surface area contributed by atoms with Crippen molar-refractivity contribution in [2.24, 2.45) is 0 Å². The fourth-order valence-corrected chi connectivity index (χ4v) is 3.32. The van der Waals surface area contributed by atoms with Gasteiger partial charge in [-0.05, 0) is 24.3 Å². The minimum absolute atomic E-state index is 0.552. The number of hydrogen-bond donors (Lipinski definition) is 1. The van der Waals surface area contributed by atoms with Gasteiger partial charge in [0.05, 0.1) is 18.2 Å². The Kier molecular flexibility index (Phi) is 2.76. The van der Waals surface area contributed by atoms with E-state index in [1.807, 2.05) is 42.6 Å². The third-order valence-corrected chi connectivity index (χ3v) is 4.19. The van der Waals surface area contributed by atoms with Gasteiger partial charge in [-0.3, -0.25) is 0 Å². The minimum Gasteiger partial charge on any atom is -0.384 e. The molecular weight excluding hydrogens is 232 g/mol. The quantitative estimate of drug-likeness (QED) is 0.882. The van der Waals surface area contributed by atoms with E-state index in [4.69, 9.17) is 5.73 Å². The van der Waals surface area contributed by atoms with E-state index in [2.05, 4.69) is 14.5 Å². The molecule has 88 valence electrons. The number of pyridine rings is 1. The molecule has 2 aromatic heterocycles. The van der Waals surface area contributed by atoms with Gasteiger partial charge in [-0.2, -0.15) is 11.8 Å². The van der Waals surface area contributed by atoms with Crippen LogP contribution in [-0.4, -0.2) is 26.0 Å². The highest BCUT2D eigenvalue weighted by Gasteiger charge is 2.19. The van der Waals surface area contributed by atoms with Gasteiger partial charge in [0.15, 0.2) is 0 Å². The fourth-order valence-electron chi connectivity index (χ4n) is 2.12. The van der Waals surface area contributed by atoms with Crippen molar-refractivity contribution >= 4 is 17.6 Å². The first-order valence-corrected chi connectivity index (χ1v) is 6.81. The maximum absolute atomic E-state index is 5.60. The van der Waals surface area contributed by atoms with Crippen molar-refractivity contribution in [2.75, 3.05) is 17.2 Å². The van der Waals surface area contributed by atoms with Crippen LogP contribution in [0.3, 0.4) is 0 Å². The van der Waals surface area contributed by atoms with Crippen LogP contribution in [0.2, 0.25) is 0 Å². The maximum atomic E-state index is 5.60. The Morgan fingerprint density at radius 3 is 3.00 bits per heavy atom. The van der Waals surface area contributed by atoms with Gasteiger partial charge in [-0.1, -0.05) is 0 Å². The van der Waals surface area contributed by atoms with Gasteiger partial charge in [0.25, 0.3) is 0 Å². The van der Waals surface area contributed by atoms with Crippen LogP contribution in [0, 0.1) is 0 Å². The normalized spacial score (nSPS) is 19.6. The van der Waals surface area contributed by atoms with Crippen LogP contribution in [-0.2, 0) is 0 Å². The van der Waals surface area contributed by atoms with E-state index in [9.17, 15) is 0 Å². The summed E-state index contributed by atoms with van der Waals surface area (Å²) in [6.07, 6.45) is 6.85. The molecule has 0 aromatic carbocycles. The van der Waals surface area contributed by atoms with Crippen LogP contribution in [0.25, 0.3) is 11.3 Å². The molecule has 0 amide bonds. The van der Waals surface area contributed by atoms with Gasteiger partial charge in [-0.15, -0.1) is 0 Å². The summed E-state index contributed by atoms with van der Waals surface area (Å²) in [4.78, 5) is 8.39. The van der Waals surface area contributed by atoms with Gasteiger partial charge in [0.2, 0.25) is 0 Å². The Morgan fingerprint density at radius 2 is 2.29 bits per heavy atom. The second-order valence-corrected chi connectivity index (χ2v) is 5.33. The van der Waals surface area contributed by atoms with Crippen molar-refractivity contribution in [3.8, 4) is 11.3 Å². The number of nitrogens with zero attached hydrogens (tertiary/aromatic N) is 3. The molecule has 5 heteroatoms. The average molecular weight is 246 g/mol. The molecule has 0 saturated carbocycles. The van der Waals surface area contributed by atoms with Gasteiger partial charge in [0.1, 0.15) is 5.82 Å². The predicted molar refractivity (Wildman–Crippen MR) is 70.8 cm³/mol. The number of nitrogen functional groups attached to an aromatic ring is 1. The first-order chi connectivity index (χ1) is 8.34. The molecule has 0 spiro atoms. The average Bonchev–Trinajstić information content (AvgIpc) is 3.00. The summed E-state index contributed by atoms with van der Waals surface area (Å²) in [5.74, 6) is 2.96. The molecule has 1 unspecified atom stereocenters. The zero-order valence-electron chi connectivity index (χ0n) is 9.41. The summed E-state index contributed by atoms with van der Waals surface area (Å²) in [5.41, 5.74) is 7.81. The monoisotopic (exact) mass is 246 g/mol. The lowest BCUT2D eigenvalue weighted by molar-refractivity contribution is 0.564. The zero-order valence-corrected chi connectivity index (χ0v) is 10.2. The fraction of sp³-hybridized carbons (Fsp3) is 0.333. The number of anilines is 1. The Balaban J connectivity index is 1.97. The molecule has 2 aromatic rings. The van der Waals surface area contributed by atoms with Crippen LogP contribution in [0.15, 0.2) is 30.9 Å². The van der Waals surface area contributed by atoms with Gasteiger partial charge in [-0.25, -0.2) is 9.97 Å². The van der Waals surface area contributed by atoms with E-state index in [0.29, 0.717) is 11.9 Å². The van der Waals surface area contributed by atoms with Crippen molar-refractivity contribution in [3.63, 3.8) is 0 Å². The van der Waals surface area contributed by atoms with Crippen molar-refractivity contribution in [3.05, 3.63) is 30.9 Å². The van der Waals surface area contributed by atoms with E-state index in [1.54, 1.807) is 0 Å². The summed E-state index contributed by atoms with van der Waals surface area (Å²) >= 11 is 2.00. The van der Waals surface area contributed by atoms with Crippen molar-refractivity contribution in [1.29, 1.82) is 0 Å². The largest absolute Gasteiger partial charge is 0.384 e. The summed E-state index contributed by atoms with van der Waals surface area (Å²) in [6, 6.07) is 4.39.